The van der Waals surface area contributed by atoms with Crippen LogP contribution in [-0.4, -0.2) is 46.7 Å². The van der Waals surface area contributed by atoms with E-state index in [-0.39, 0.29) is 19.4 Å². The number of carbonyl (C=O) groups is 2. The highest BCUT2D eigenvalue weighted by Crippen LogP contribution is 2.56. The normalized spacial score (nSPS) is 22.7. The number of esters is 2. The molecule has 1 aliphatic carbocycles. The van der Waals surface area contributed by atoms with Gasteiger partial charge in [0.25, 0.3) is 0 Å². The number of hydrogen-bond donors (Lipinski definition) is 0. The average Bonchev–Trinajstić information content (AvgIpc) is 3.57. The Hall–Kier alpha value is -4.40. The molecule has 2 aliphatic heterocycles. The lowest BCUT2D eigenvalue weighted by Gasteiger charge is -2.38. The van der Waals surface area contributed by atoms with E-state index in [1.54, 1.807) is 38.5 Å². The Labute approximate surface area is 219 Å². The van der Waals surface area contributed by atoms with E-state index < -0.39 is 29.8 Å². The van der Waals surface area contributed by atoms with E-state index in [2.05, 4.69) is 0 Å². The Morgan fingerprint density at radius 1 is 0.842 bits per heavy atom. The van der Waals surface area contributed by atoms with E-state index in [1.807, 2.05) is 30.3 Å². The highest BCUT2D eigenvalue weighted by Gasteiger charge is 2.54. The molecule has 3 aromatic rings. The largest absolute Gasteiger partial charge is 0.493 e. The summed E-state index contributed by atoms with van der Waals surface area (Å²) in [4.78, 5) is 26.4. The van der Waals surface area contributed by atoms with Gasteiger partial charge in [-0.25, -0.2) is 4.79 Å². The highest BCUT2D eigenvalue weighted by atomic mass is 16.7. The molecule has 2 heterocycles. The molecule has 1 saturated heterocycles. The maximum atomic E-state index is 13.3. The lowest BCUT2D eigenvalue weighted by atomic mass is 9.66. The second-order valence-electron chi connectivity index (χ2n) is 9.28. The summed E-state index contributed by atoms with van der Waals surface area (Å²) in [6.45, 7) is 0.196. The number of fused-ring (bicyclic) bond motifs is 3. The Balaban J connectivity index is 1.53. The van der Waals surface area contributed by atoms with Crippen molar-refractivity contribution in [1.82, 2.24) is 0 Å². The summed E-state index contributed by atoms with van der Waals surface area (Å²) in [5, 5.41) is 0. The SMILES string of the molecule is COc1cc([C@@H]2c3cc4c(cc3[C@H](OC(=O)c3ccccc3)[C@H]3COC(=O)[C@H]23)OCO4)cc(OC)c1OC. The molecule has 3 aromatic carbocycles. The van der Waals surface area contributed by atoms with E-state index in [0.29, 0.717) is 34.3 Å². The summed E-state index contributed by atoms with van der Waals surface area (Å²) in [5.74, 6) is 0.124. The summed E-state index contributed by atoms with van der Waals surface area (Å²) in [6.07, 6.45) is -0.734. The van der Waals surface area contributed by atoms with Gasteiger partial charge in [-0.3, -0.25) is 4.79 Å². The topological polar surface area (TPSA) is 98.8 Å². The van der Waals surface area contributed by atoms with Gasteiger partial charge in [0.2, 0.25) is 12.5 Å². The van der Waals surface area contributed by atoms with Gasteiger partial charge in [0, 0.05) is 17.4 Å². The van der Waals surface area contributed by atoms with E-state index in [9.17, 15) is 9.59 Å². The van der Waals surface area contributed by atoms with E-state index >= 15 is 0 Å². The summed E-state index contributed by atoms with van der Waals surface area (Å²) in [6, 6.07) is 16.1. The second-order valence-corrected chi connectivity index (χ2v) is 9.28. The molecule has 0 amide bonds. The van der Waals surface area contributed by atoms with Crippen molar-refractivity contribution in [3.8, 4) is 28.7 Å². The van der Waals surface area contributed by atoms with Gasteiger partial charge >= 0.3 is 11.9 Å². The van der Waals surface area contributed by atoms with Crippen molar-refractivity contribution in [1.29, 1.82) is 0 Å². The number of hydrogen-bond acceptors (Lipinski definition) is 9. The summed E-state index contributed by atoms with van der Waals surface area (Å²) in [7, 11) is 4.62. The number of ether oxygens (including phenoxy) is 7. The van der Waals surface area contributed by atoms with Crippen molar-refractivity contribution >= 4 is 11.9 Å². The molecular formula is C29H26O9. The molecule has 0 unspecified atom stereocenters. The Bertz CT molecular complexity index is 1380. The van der Waals surface area contributed by atoms with Gasteiger partial charge in [-0.1, -0.05) is 18.2 Å². The first-order chi connectivity index (χ1) is 18.5. The van der Waals surface area contributed by atoms with Crippen LogP contribution in [0.25, 0.3) is 0 Å². The molecule has 196 valence electrons. The number of benzene rings is 3. The van der Waals surface area contributed by atoms with Crippen molar-refractivity contribution in [2.24, 2.45) is 11.8 Å². The third-order valence-electron chi connectivity index (χ3n) is 7.41. The first-order valence-electron chi connectivity index (χ1n) is 12.2. The maximum Gasteiger partial charge on any atom is 0.338 e. The molecule has 0 aromatic heterocycles. The van der Waals surface area contributed by atoms with Crippen LogP contribution in [-0.2, 0) is 14.3 Å². The minimum Gasteiger partial charge on any atom is -0.493 e. The maximum absolute atomic E-state index is 13.3. The molecule has 4 atom stereocenters. The van der Waals surface area contributed by atoms with Crippen LogP contribution in [0.2, 0.25) is 0 Å². The quantitative estimate of drug-likeness (QED) is 0.443. The molecule has 1 fully saturated rings. The molecule has 0 spiro atoms. The minimum absolute atomic E-state index is 0.0798. The smallest absolute Gasteiger partial charge is 0.338 e. The second kappa shape index (κ2) is 9.48. The lowest BCUT2D eigenvalue weighted by molar-refractivity contribution is -0.141. The van der Waals surface area contributed by atoms with Crippen molar-refractivity contribution in [2.75, 3.05) is 34.7 Å². The molecule has 0 radical (unpaired) electrons. The van der Waals surface area contributed by atoms with Gasteiger partial charge in [-0.2, -0.15) is 0 Å². The monoisotopic (exact) mass is 518 g/mol. The molecule has 0 N–H and O–H groups in total. The van der Waals surface area contributed by atoms with Crippen LogP contribution < -0.4 is 23.7 Å². The Morgan fingerprint density at radius 2 is 1.50 bits per heavy atom. The van der Waals surface area contributed by atoms with Gasteiger partial charge in [0.05, 0.1) is 39.4 Å². The van der Waals surface area contributed by atoms with Gasteiger partial charge in [-0.05, 0) is 47.5 Å². The van der Waals surface area contributed by atoms with Crippen molar-refractivity contribution in [3.05, 3.63) is 76.9 Å². The standard InChI is InChI=1S/C29H26O9/c1-32-22-9-16(10-23(33-2)27(22)34-3)24-17-11-20-21(37-14-36-20)12-18(17)26(19-13-35-29(31)25(19)24)38-28(30)15-7-5-4-6-8-15/h4-12,19,24-26H,13-14H2,1-3H3/t19-,24+,25-,26-/m0/s1. The number of rotatable bonds is 6. The van der Waals surface area contributed by atoms with Gasteiger partial charge < -0.3 is 33.2 Å². The first-order valence-corrected chi connectivity index (χ1v) is 12.2. The summed E-state index contributed by atoms with van der Waals surface area (Å²) in [5.41, 5.74) is 2.69. The fourth-order valence-electron chi connectivity index (χ4n) is 5.70. The Morgan fingerprint density at radius 3 is 2.13 bits per heavy atom. The molecule has 3 aliphatic rings. The molecular weight excluding hydrogens is 492 g/mol. The molecule has 0 saturated carbocycles. The van der Waals surface area contributed by atoms with Crippen molar-refractivity contribution in [3.63, 3.8) is 0 Å². The molecule has 6 rings (SSSR count). The van der Waals surface area contributed by atoms with Gasteiger partial charge in [0.1, 0.15) is 6.10 Å². The third kappa shape index (κ3) is 3.77. The average molecular weight is 519 g/mol. The Kier molecular flexibility index (Phi) is 5.98. The third-order valence-corrected chi connectivity index (χ3v) is 7.41. The number of cyclic esters (lactones) is 1. The highest BCUT2D eigenvalue weighted by molar-refractivity contribution is 5.89. The van der Waals surface area contributed by atoms with Crippen molar-refractivity contribution < 1.29 is 42.7 Å². The van der Waals surface area contributed by atoms with Crippen LogP contribution in [0.5, 0.6) is 28.7 Å². The van der Waals surface area contributed by atoms with E-state index in [0.717, 1.165) is 16.7 Å². The van der Waals surface area contributed by atoms with Crippen LogP contribution >= 0.6 is 0 Å². The van der Waals surface area contributed by atoms with Crippen LogP contribution in [0.15, 0.2) is 54.6 Å². The number of carbonyl (C=O) groups excluding carboxylic acids is 2. The minimum atomic E-state index is -0.734. The predicted molar refractivity (Wildman–Crippen MR) is 133 cm³/mol. The van der Waals surface area contributed by atoms with Crippen LogP contribution in [0, 0.1) is 11.8 Å². The molecule has 38 heavy (non-hydrogen) atoms. The zero-order chi connectivity index (χ0) is 26.4. The summed E-state index contributed by atoms with van der Waals surface area (Å²) >= 11 is 0. The van der Waals surface area contributed by atoms with Crippen LogP contribution in [0.1, 0.15) is 39.1 Å². The van der Waals surface area contributed by atoms with Gasteiger partial charge in [-0.15, -0.1) is 0 Å². The van der Waals surface area contributed by atoms with Crippen molar-refractivity contribution in [2.45, 2.75) is 12.0 Å². The molecule has 9 nitrogen and oxygen atoms in total. The zero-order valence-corrected chi connectivity index (χ0v) is 21.1. The first kappa shape index (κ1) is 24.0. The van der Waals surface area contributed by atoms with Crippen LogP contribution in [0.4, 0.5) is 0 Å². The molecule has 9 heteroatoms. The van der Waals surface area contributed by atoms with Crippen LogP contribution in [0.3, 0.4) is 0 Å². The lowest BCUT2D eigenvalue weighted by Crippen LogP contribution is -2.36. The fraction of sp³-hybridized carbons (Fsp3) is 0.310. The predicted octanol–water partition coefficient (Wildman–Crippen LogP) is 4.27. The van der Waals surface area contributed by atoms with Gasteiger partial charge in [0.15, 0.2) is 23.0 Å². The molecule has 0 bridgehead atoms. The number of methoxy groups -OCH3 is 3. The van der Waals surface area contributed by atoms with E-state index in [4.69, 9.17) is 33.2 Å². The van der Waals surface area contributed by atoms with E-state index in [1.165, 1.54) is 7.11 Å². The fourth-order valence-corrected chi connectivity index (χ4v) is 5.70. The summed E-state index contributed by atoms with van der Waals surface area (Å²) < 4.78 is 39.7. The zero-order valence-electron chi connectivity index (χ0n) is 21.1.